The Morgan fingerprint density at radius 1 is 1.42 bits per heavy atom. The van der Waals surface area contributed by atoms with Gasteiger partial charge in [0.1, 0.15) is 0 Å². The molecule has 104 valence electrons. The molecule has 1 fully saturated rings. The standard InChI is InChI=1S/C14H20N2O3/c1-14(5-7-19-8-6-14)16-12-4-3-10(9-11(12)15)13(17)18-2/h3-4,9,16H,5-8,15H2,1-2H3. The SMILES string of the molecule is COC(=O)c1ccc(NC2(C)CCOCC2)c(N)c1. The van der Waals surface area contributed by atoms with Gasteiger partial charge in [-0.3, -0.25) is 0 Å². The quantitative estimate of drug-likeness (QED) is 0.645. The second kappa shape index (κ2) is 5.48. The van der Waals surface area contributed by atoms with Gasteiger partial charge in [-0.1, -0.05) is 0 Å². The fraction of sp³-hybridized carbons (Fsp3) is 0.500. The maximum absolute atomic E-state index is 11.4. The second-order valence-corrected chi connectivity index (χ2v) is 5.09. The van der Waals surface area contributed by atoms with Gasteiger partial charge in [-0.25, -0.2) is 4.79 Å². The zero-order chi connectivity index (χ0) is 13.9. The average Bonchev–Trinajstić information content (AvgIpc) is 2.41. The van der Waals surface area contributed by atoms with Gasteiger partial charge < -0.3 is 20.5 Å². The Labute approximate surface area is 113 Å². The van der Waals surface area contributed by atoms with Crippen LogP contribution in [0.5, 0.6) is 0 Å². The van der Waals surface area contributed by atoms with Crippen LogP contribution in [0.4, 0.5) is 11.4 Å². The second-order valence-electron chi connectivity index (χ2n) is 5.09. The average molecular weight is 264 g/mol. The Morgan fingerprint density at radius 3 is 2.68 bits per heavy atom. The zero-order valence-electron chi connectivity index (χ0n) is 11.4. The number of carbonyl (C=O) groups is 1. The van der Waals surface area contributed by atoms with Gasteiger partial charge in [-0.2, -0.15) is 0 Å². The molecule has 0 atom stereocenters. The first-order valence-corrected chi connectivity index (χ1v) is 6.38. The normalized spacial score (nSPS) is 17.8. The Kier molecular flexibility index (Phi) is 3.95. The molecule has 1 aliphatic heterocycles. The highest BCUT2D eigenvalue weighted by Gasteiger charge is 2.27. The first kappa shape index (κ1) is 13.7. The molecule has 5 nitrogen and oxygen atoms in total. The van der Waals surface area contributed by atoms with Crippen molar-refractivity contribution in [2.75, 3.05) is 31.4 Å². The van der Waals surface area contributed by atoms with Gasteiger partial charge in [-0.05, 0) is 38.0 Å². The first-order chi connectivity index (χ1) is 9.04. The molecule has 1 saturated heterocycles. The maximum atomic E-state index is 11.4. The summed E-state index contributed by atoms with van der Waals surface area (Å²) in [5.41, 5.74) is 7.83. The van der Waals surface area contributed by atoms with E-state index in [1.807, 2.05) is 6.07 Å². The number of ether oxygens (including phenoxy) is 2. The van der Waals surface area contributed by atoms with Crippen LogP contribution in [0.1, 0.15) is 30.1 Å². The highest BCUT2D eigenvalue weighted by molar-refractivity contribution is 5.91. The van der Waals surface area contributed by atoms with Gasteiger partial charge in [0.15, 0.2) is 0 Å². The zero-order valence-corrected chi connectivity index (χ0v) is 11.4. The maximum Gasteiger partial charge on any atom is 0.337 e. The highest BCUT2D eigenvalue weighted by Crippen LogP contribution is 2.29. The number of hydrogen-bond acceptors (Lipinski definition) is 5. The van der Waals surface area contributed by atoms with Crippen LogP contribution >= 0.6 is 0 Å². The molecule has 19 heavy (non-hydrogen) atoms. The van der Waals surface area contributed by atoms with E-state index in [1.54, 1.807) is 12.1 Å². The number of methoxy groups -OCH3 is 1. The summed E-state index contributed by atoms with van der Waals surface area (Å²) in [6.45, 7) is 3.66. The van der Waals surface area contributed by atoms with Crippen molar-refractivity contribution >= 4 is 17.3 Å². The van der Waals surface area contributed by atoms with Gasteiger partial charge in [0.05, 0.1) is 24.0 Å². The molecule has 3 N–H and O–H groups in total. The number of anilines is 2. The predicted molar refractivity (Wildman–Crippen MR) is 74.3 cm³/mol. The molecule has 0 bridgehead atoms. The van der Waals surface area contributed by atoms with Crippen molar-refractivity contribution in [1.82, 2.24) is 0 Å². The van der Waals surface area contributed by atoms with Crippen molar-refractivity contribution in [3.8, 4) is 0 Å². The Hall–Kier alpha value is -1.75. The van der Waals surface area contributed by atoms with Crippen molar-refractivity contribution in [3.63, 3.8) is 0 Å². The van der Waals surface area contributed by atoms with E-state index < -0.39 is 0 Å². The lowest BCUT2D eigenvalue weighted by atomic mass is 9.92. The molecular formula is C14H20N2O3. The van der Waals surface area contributed by atoms with Gasteiger partial charge in [0.2, 0.25) is 0 Å². The molecule has 0 spiro atoms. The third-order valence-electron chi connectivity index (χ3n) is 3.51. The summed E-state index contributed by atoms with van der Waals surface area (Å²) in [5.74, 6) is -0.379. The summed E-state index contributed by atoms with van der Waals surface area (Å²) in [5, 5.41) is 3.45. The smallest absolute Gasteiger partial charge is 0.337 e. The van der Waals surface area contributed by atoms with Crippen LogP contribution < -0.4 is 11.1 Å². The molecule has 1 aliphatic rings. The lowest BCUT2D eigenvalue weighted by molar-refractivity contribution is 0.0601. The number of nitrogens with two attached hydrogens (primary N) is 1. The molecule has 0 unspecified atom stereocenters. The van der Waals surface area contributed by atoms with Gasteiger partial charge in [-0.15, -0.1) is 0 Å². The number of benzene rings is 1. The van der Waals surface area contributed by atoms with Crippen LogP contribution in [0, 0.1) is 0 Å². The van der Waals surface area contributed by atoms with Gasteiger partial charge in [0, 0.05) is 18.8 Å². The first-order valence-electron chi connectivity index (χ1n) is 6.38. The van der Waals surface area contributed by atoms with E-state index in [9.17, 15) is 4.79 Å². The molecule has 0 aromatic heterocycles. The minimum absolute atomic E-state index is 0.0147. The molecule has 0 radical (unpaired) electrons. The number of carbonyl (C=O) groups excluding carboxylic acids is 1. The monoisotopic (exact) mass is 264 g/mol. The van der Waals surface area contributed by atoms with Crippen LogP contribution in [-0.4, -0.2) is 31.8 Å². The molecule has 5 heteroatoms. The predicted octanol–water partition coefficient (Wildman–Crippen LogP) is 2.04. The van der Waals surface area contributed by atoms with Crippen LogP contribution in [-0.2, 0) is 9.47 Å². The molecular weight excluding hydrogens is 244 g/mol. The van der Waals surface area contributed by atoms with Gasteiger partial charge in [0.25, 0.3) is 0 Å². The van der Waals surface area contributed by atoms with E-state index in [0.717, 1.165) is 31.7 Å². The minimum Gasteiger partial charge on any atom is -0.465 e. The van der Waals surface area contributed by atoms with Crippen molar-refractivity contribution in [2.24, 2.45) is 0 Å². The summed E-state index contributed by atoms with van der Waals surface area (Å²) in [4.78, 5) is 11.4. The van der Waals surface area contributed by atoms with Crippen LogP contribution in [0.2, 0.25) is 0 Å². The lowest BCUT2D eigenvalue weighted by Gasteiger charge is -2.35. The van der Waals surface area contributed by atoms with Gasteiger partial charge >= 0.3 is 5.97 Å². The van der Waals surface area contributed by atoms with Crippen LogP contribution in [0.3, 0.4) is 0 Å². The van der Waals surface area contributed by atoms with Crippen molar-refractivity contribution in [3.05, 3.63) is 23.8 Å². The fourth-order valence-corrected chi connectivity index (χ4v) is 2.19. The molecule has 1 aromatic carbocycles. The molecule has 1 heterocycles. The topological polar surface area (TPSA) is 73.6 Å². The molecule has 0 amide bonds. The highest BCUT2D eigenvalue weighted by atomic mass is 16.5. The summed E-state index contributed by atoms with van der Waals surface area (Å²) >= 11 is 0. The van der Waals surface area contributed by atoms with E-state index in [-0.39, 0.29) is 11.5 Å². The van der Waals surface area contributed by atoms with Crippen molar-refractivity contribution < 1.29 is 14.3 Å². The molecule has 0 saturated carbocycles. The number of nitrogens with one attached hydrogen (secondary N) is 1. The molecule has 1 aromatic rings. The number of hydrogen-bond donors (Lipinski definition) is 2. The summed E-state index contributed by atoms with van der Waals surface area (Å²) < 4.78 is 10.0. The van der Waals surface area contributed by atoms with Crippen LogP contribution in [0.25, 0.3) is 0 Å². The Balaban J connectivity index is 2.15. The molecule has 2 rings (SSSR count). The van der Waals surface area contributed by atoms with E-state index in [2.05, 4.69) is 17.0 Å². The summed E-state index contributed by atoms with van der Waals surface area (Å²) in [6.07, 6.45) is 1.87. The Morgan fingerprint density at radius 2 is 2.11 bits per heavy atom. The Bertz CT molecular complexity index is 468. The van der Waals surface area contributed by atoms with E-state index in [0.29, 0.717) is 11.3 Å². The van der Waals surface area contributed by atoms with Crippen LogP contribution in [0.15, 0.2) is 18.2 Å². The van der Waals surface area contributed by atoms with E-state index in [1.165, 1.54) is 7.11 Å². The fourth-order valence-electron chi connectivity index (χ4n) is 2.19. The van der Waals surface area contributed by atoms with Crippen molar-refractivity contribution in [1.29, 1.82) is 0 Å². The largest absolute Gasteiger partial charge is 0.465 e. The number of esters is 1. The van der Waals surface area contributed by atoms with E-state index >= 15 is 0 Å². The lowest BCUT2D eigenvalue weighted by Crippen LogP contribution is -2.40. The minimum atomic E-state index is -0.379. The number of nitrogen functional groups attached to an aromatic ring is 1. The molecule has 0 aliphatic carbocycles. The third-order valence-corrected chi connectivity index (χ3v) is 3.51. The number of rotatable bonds is 3. The van der Waals surface area contributed by atoms with Crippen molar-refractivity contribution in [2.45, 2.75) is 25.3 Å². The summed E-state index contributed by atoms with van der Waals surface area (Å²) in [6, 6.07) is 5.17. The third kappa shape index (κ3) is 3.17. The van der Waals surface area contributed by atoms with E-state index in [4.69, 9.17) is 10.5 Å². The summed E-state index contributed by atoms with van der Waals surface area (Å²) in [7, 11) is 1.35.